The second kappa shape index (κ2) is 10.1. The van der Waals surface area contributed by atoms with Gasteiger partial charge in [-0.05, 0) is 37.2 Å². The van der Waals surface area contributed by atoms with Gasteiger partial charge in [-0.1, -0.05) is 13.8 Å². The summed E-state index contributed by atoms with van der Waals surface area (Å²) in [4.78, 5) is 11.5. The van der Waals surface area contributed by atoms with Gasteiger partial charge in [0, 0.05) is 13.1 Å². The van der Waals surface area contributed by atoms with Crippen LogP contribution in [-0.2, 0) is 4.79 Å². The van der Waals surface area contributed by atoms with Gasteiger partial charge in [0.2, 0.25) is 0 Å². The summed E-state index contributed by atoms with van der Waals surface area (Å²) >= 11 is 0. The second-order valence-electron chi connectivity index (χ2n) is 4.31. The zero-order valence-corrected chi connectivity index (χ0v) is 12.3. The molecule has 0 bridgehead atoms. The van der Waals surface area contributed by atoms with Crippen LogP contribution in [0.2, 0.25) is 0 Å². The topological polar surface area (TPSA) is 59.6 Å². The summed E-state index contributed by atoms with van der Waals surface area (Å²) in [7, 11) is 0. The fraction of sp³-hybridized carbons (Fsp3) is 0.533. The summed E-state index contributed by atoms with van der Waals surface area (Å²) in [6.07, 6.45) is 0.977. The lowest BCUT2D eigenvalue weighted by Gasteiger charge is -2.09. The normalized spacial score (nSPS) is 10.1. The monoisotopic (exact) mass is 280 g/mol. The standard InChI is InChI=1S/C15H24N2O3/c1-3-11-19-13-5-7-14(8-6-13)20-12-15(18)17-10-9-16-4-2/h5-8,16H,3-4,9-12H2,1-2H3,(H,17,18). The number of hydrogen-bond donors (Lipinski definition) is 2. The van der Waals surface area contributed by atoms with E-state index >= 15 is 0 Å². The van der Waals surface area contributed by atoms with Crippen molar-refractivity contribution < 1.29 is 14.3 Å². The van der Waals surface area contributed by atoms with Crippen LogP contribution >= 0.6 is 0 Å². The van der Waals surface area contributed by atoms with Gasteiger partial charge in [-0.25, -0.2) is 0 Å². The lowest BCUT2D eigenvalue weighted by atomic mass is 10.3. The summed E-state index contributed by atoms with van der Waals surface area (Å²) in [6, 6.07) is 7.29. The number of nitrogens with one attached hydrogen (secondary N) is 2. The number of rotatable bonds is 10. The Morgan fingerprint density at radius 1 is 1.05 bits per heavy atom. The van der Waals surface area contributed by atoms with Gasteiger partial charge >= 0.3 is 0 Å². The van der Waals surface area contributed by atoms with E-state index in [4.69, 9.17) is 9.47 Å². The predicted octanol–water partition coefficient (Wildman–Crippen LogP) is 1.58. The number of hydrogen-bond acceptors (Lipinski definition) is 4. The minimum absolute atomic E-state index is 0.0291. The van der Waals surface area contributed by atoms with Crippen LogP contribution in [0, 0.1) is 0 Å². The maximum absolute atomic E-state index is 11.5. The Morgan fingerprint density at radius 3 is 2.30 bits per heavy atom. The molecule has 20 heavy (non-hydrogen) atoms. The van der Waals surface area contributed by atoms with Crippen LogP contribution in [0.1, 0.15) is 20.3 Å². The molecule has 0 aromatic heterocycles. The number of benzene rings is 1. The SMILES string of the molecule is CCCOc1ccc(OCC(=O)NCCNCC)cc1. The third kappa shape index (κ3) is 6.99. The van der Waals surface area contributed by atoms with Gasteiger partial charge in [-0.2, -0.15) is 0 Å². The van der Waals surface area contributed by atoms with Gasteiger partial charge in [0.25, 0.3) is 5.91 Å². The van der Waals surface area contributed by atoms with Crippen LogP contribution in [0.4, 0.5) is 0 Å². The molecule has 0 aliphatic carbocycles. The highest BCUT2D eigenvalue weighted by molar-refractivity contribution is 5.77. The van der Waals surface area contributed by atoms with Crippen molar-refractivity contribution in [2.75, 3.05) is 32.8 Å². The number of carbonyl (C=O) groups is 1. The van der Waals surface area contributed by atoms with E-state index in [2.05, 4.69) is 17.6 Å². The molecule has 1 aromatic rings. The molecule has 0 saturated carbocycles. The van der Waals surface area contributed by atoms with E-state index in [0.717, 1.165) is 25.3 Å². The van der Waals surface area contributed by atoms with E-state index < -0.39 is 0 Å². The number of ether oxygens (including phenoxy) is 2. The molecule has 0 heterocycles. The Labute approximate surface area is 120 Å². The maximum Gasteiger partial charge on any atom is 0.257 e. The molecule has 0 fully saturated rings. The average Bonchev–Trinajstić information content (AvgIpc) is 2.48. The fourth-order valence-electron chi connectivity index (χ4n) is 1.52. The van der Waals surface area contributed by atoms with Crippen LogP contribution < -0.4 is 20.1 Å². The average molecular weight is 280 g/mol. The van der Waals surface area contributed by atoms with Crippen LogP contribution in [0.25, 0.3) is 0 Å². The Hall–Kier alpha value is -1.75. The van der Waals surface area contributed by atoms with Gasteiger partial charge in [-0.3, -0.25) is 4.79 Å². The van der Waals surface area contributed by atoms with Crippen LogP contribution in [0.5, 0.6) is 11.5 Å². The third-order valence-electron chi connectivity index (χ3n) is 2.54. The van der Waals surface area contributed by atoms with Gasteiger partial charge in [0.05, 0.1) is 6.61 Å². The quantitative estimate of drug-likeness (QED) is 0.639. The van der Waals surface area contributed by atoms with E-state index in [-0.39, 0.29) is 12.5 Å². The molecule has 0 aliphatic heterocycles. The Kier molecular flexibility index (Phi) is 8.22. The first-order valence-electron chi connectivity index (χ1n) is 7.09. The zero-order chi connectivity index (χ0) is 14.6. The van der Waals surface area contributed by atoms with Crippen molar-refractivity contribution in [2.24, 2.45) is 0 Å². The van der Waals surface area contributed by atoms with Crippen molar-refractivity contribution in [1.82, 2.24) is 10.6 Å². The Bertz CT molecular complexity index is 379. The summed E-state index contributed by atoms with van der Waals surface area (Å²) in [5.74, 6) is 1.36. The lowest BCUT2D eigenvalue weighted by Crippen LogP contribution is -2.34. The molecule has 0 aliphatic rings. The largest absolute Gasteiger partial charge is 0.494 e. The van der Waals surface area contributed by atoms with Crippen molar-refractivity contribution >= 4 is 5.91 Å². The first kappa shape index (κ1) is 16.3. The van der Waals surface area contributed by atoms with Crippen molar-refractivity contribution in [3.8, 4) is 11.5 Å². The highest BCUT2D eigenvalue weighted by atomic mass is 16.5. The molecule has 5 heteroatoms. The summed E-state index contributed by atoms with van der Waals surface area (Å²) in [6.45, 7) is 7.10. The molecule has 1 aromatic carbocycles. The first-order valence-corrected chi connectivity index (χ1v) is 7.09. The summed E-state index contributed by atoms with van der Waals surface area (Å²) < 4.78 is 10.9. The van der Waals surface area contributed by atoms with Crippen molar-refractivity contribution in [2.45, 2.75) is 20.3 Å². The summed E-state index contributed by atoms with van der Waals surface area (Å²) in [5.41, 5.74) is 0. The van der Waals surface area contributed by atoms with Gasteiger partial charge in [0.1, 0.15) is 11.5 Å². The third-order valence-corrected chi connectivity index (χ3v) is 2.54. The van der Waals surface area contributed by atoms with E-state index in [1.165, 1.54) is 0 Å². The minimum Gasteiger partial charge on any atom is -0.494 e. The number of amides is 1. The molecule has 5 nitrogen and oxygen atoms in total. The predicted molar refractivity (Wildman–Crippen MR) is 79.3 cm³/mol. The number of likely N-dealkylation sites (N-methyl/N-ethyl adjacent to an activating group) is 1. The van der Waals surface area contributed by atoms with Crippen LogP contribution in [0.15, 0.2) is 24.3 Å². The van der Waals surface area contributed by atoms with E-state index in [0.29, 0.717) is 18.9 Å². The smallest absolute Gasteiger partial charge is 0.257 e. The van der Waals surface area contributed by atoms with Crippen molar-refractivity contribution in [1.29, 1.82) is 0 Å². The fourth-order valence-corrected chi connectivity index (χ4v) is 1.52. The molecule has 0 radical (unpaired) electrons. The van der Waals surface area contributed by atoms with Gasteiger partial charge < -0.3 is 20.1 Å². The zero-order valence-electron chi connectivity index (χ0n) is 12.3. The van der Waals surface area contributed by atoms with E-state index in [9.17, 15) is 4.79 Å². The highest BCUT2D eigenvalue weighted by Crippen LogP contribution is 2.17. The van der Waals surface area contributed by atoms with E-state index in [1.54, 1.807) is 12.1 Å². The molecule has 1 rings (SSSR count). The molecule has 112 valence electrons. The highest BCUT2D eigenvalue weighted by Gasteiger charge is 2.02. The molecular weight excluding hydrogens is 256 g/mol. The number of carbonyl (C=O) groups excluding carboxylic acids is 1. The van der Waals surface area contributed by atoms with Crippen LogP contribution in [0.3, 0.4) is 0 Å². The first-order chi connectivity index (χ1) is 9.76. The van der Waals surface area contributed by atoms with Gasteiger partial charge in [0.15, 0.2) is 6.61 Å². The molecule has 0 spiro atoms. The minimum atomic E-state index is -0.116. The lowest BCUT2D eigenvalue weighted by molar-refractivity contribution is -0.123. The van der Waals surface area contributed by atoms with Gasteiger partial charge in [-0.15, -0.1) is 0 Å². The summed E-state index contributed by atoms with van der Waals surface area (Å²) in [5, 5.41) is 5.91. The van der Waals surface area contributed by atoms with Crippen molar-refractivity contribution in [3.63, 3.8) is 0 Å². The maximum atomic E-state index is 11.5. The molecule has 0 unspecified atom stereocenters. The van der Waals surface area contributed by atoms with E-state index in [1.807, 2.05) is 19.1 Å². The second-order valence-corrected chi connectivity index (χ2v) is 4.31. The molecule has 0 saturated heterocycles. The molecule has 1 amide bonds. The van der Waals surface area contributed by atoms with Crippen LogP contribution in [-0.4, -0.2) is 38.8 Å². The Balaban J connectivity index is 2.22. The Morgan fingerprint density at radius 2 is 1.70 bits per heavy atom. The molecule has 2 N–H and O–H groups in total. The molecular formula is C15H24N2O3. The molecule has 0 atom stereocenters. The van der Waals surface area contributed by atoms with Crippen molar-refractivity contribution in [3.05, 3.63) is 24.3 Å².